The van der Waals surface area contributed by atoms with Crippen molar-refractivity contribution in [2.24, 2.45) is 0 Å². The second-order valence-corrected chi connectivity index (χ2v) is 13.6. The van der Waals surface area contributed by atoms with Gasteiger partial charge in [-0.25, -0.2) is 0 Å². The van der Waals surface area contributed by atoms with E-state index >= 15 is 0 Å². The number of nitrogens with zero attached hydrogens (tertiary/aromatic N) is 3. The van der Waals surface area contributed by atoms with Gasteiger partial charge >= 0.3 is 0 Å². The zero-order valence-corrected chi connectivity index (χ0v) is 30.2. The van der Waals surface area contributed by atoms with Crippen LogP contribution in [0.5, 0.6) is 0 Å². The van der Waals surface area contributed by atoms with Crippen LogP contribution in [-0.4, -0.2) is 28.5 Å². The third-order valence-electron chi connectivity index (χ3n) is 9.65. The molecule has 1 aliphatic rings. The van der Waals surface area contributed by atoms with Crippen molar-refractivity contribution in [3.63, 3.8) is 0 Å². The van der Waals surface area contributed by atoms with E-state index in [0.29, 0.717) is 5.02 Å². The molecule has 4 nitrogen and oxygen atoms in total. The van der Waals surface area contributed by atoms with E-state index < -0.39 is 0 Å². The lowest BCUT2D eigenvalue weighted by Gasteiger charge is -2.21. The first-order chi connectivity index (χ1) is 25.5. The highest BCUT2D eigenvalue weighted by molar-refractivity contribution is 6.32. The number of rotatable bonds is 8. The van der Waals surface area contributed by atoms with Gasteiger partial charge in [0.05, 0.1) is 0 Å². The van der Waals surface area contributed by atoms with Gasteiger partial charge in [-0.2, -0.15) is 0 Å². The lowest BCUT2D eigenvalue weighted by atomic mass is 9.92. The first-order valence-electron chi connectivity index (χ1n) is 17.7. The Morgan fingerprint density at radius 2 is 1.42 bits per heavy atom. The number of para-hydroxylation sites is 1. The predicted molar refractivity (Wildman–Crippen MR) is 219 cm³/mol. The van der Waals surface area contributed by atoms with E-state index in [0.717, 1.165) is 90.5 Å². The zero-order valence-electron chi connectivity index (χ0n) is 29.5. The van der Waals surface area contributed by atoms with Crippen molar-refractivity contribution in [3.05, 3.63) is 169 Å². The summed E-state index contributed by atoms with van der Waals surface area (Å²) in [6, 6.07) is 32.1. The number of allylic oxidation sites excluding steroid dienone is 6. The Morgan fingerprint density at radius 3 is 2.12 bits per heavy atom. The lowest BCUT2D eigenvalue weighted by Crippen LogP contribution is -2.16. The van der Waals surface area contributed by atoms with Crippen molar-refractivity contribution in [2.75, 3.05) is 13.6 Å². The number of pyridine rings is 2. The summed E-state index contributed by atoms with van der Waals surface area (Å²) in [6.07, 6.45) is 21.4. The van der Waals surface area contributed by atoms with Gasteiger partial charge in [0, 0.05) is 76.4 Å². The van der Waals surface area contributed by atoms with Gasteiger partial charge in [0.15, 0.2) is 0 Å². The normalized spacial score (nSPS) is 13.4. The molecular formula is C47H38ClN3O. The van der Waals surface area contributed by atoms with Gasteiger partial charge in [0.25, 0.3) is 0 Å². The molecule has 3 aromatic heterocycles. The van der Waals surface area contributed by atoms with Crippen molar-refractivity contribution in [3.8, 4) is 44.5 Å². The highest BCUT2D eigenvalue weighted by Crippen LogP contribution is 2.44. The molecule has 0 radical (unpaired) electrons. The molecule has 0 N–H and O–H groups in total. The van der Waals surface area contributed by atoms with Crippen LogP contribution in [0, 0.1) is 0 Å². The number of furan rings is 1. The number of hydrogen-bond acceptors (Lipinski definition) is 4. The number of benzene rings is 4. The molecule has 0 fully saturated rings. The van der Waals surface area contributed by atoms with E-state index in [4.69, 9.17) is 16.0 Å². The summed E-state index contributed by atoms with van der Waals surface area (Å²) >= 11 is 6.95. The molecule has 0 amide bonds. The Labute approximate surface area is 309 Å². The van der Waals surface area contributed by atoms with E-state index in [2.05, 4.69) is 139 Å². The largest absolute Gasteiger partial charge is 0.455 e. The van der Waals surface area contributed by atoms with Gasteiger partial charge in [-0.3, -0.25) is 9.97 Å². The summed E-state index contributed by atoms with van der Waals surface area (Å²) in [6.45, 7) is 5.06. The molecule has 0 bridgehead atoms. The van der Waals surface area contributed by atoms with E-state index in [9.17, 15) is 0 Å². The summed E-state index contributed by atoms with van der Waals surface area (Å²) in [5, 5.41) is 2.66. The minimum absolute atomic E-state index is 0.656. The van der Waals surface area contributed by atoms with Crippen molar-refractivity contribution >= 4 is 44.7 Å². The second-order valence-electron chi connectivity index (χ2n) is 13.2. The van der Waals surface area contributed by atoms with Gasteiger partial charge in [-0.1, -0.05) is 73.2 Å². The minimum atomic E-state index is 0.656. The smallest absolute Gasteiger partial charge is 0.143 e. The number of fused-ring (bicyclic) bond motifs is 3. The van der Waals surface area contributed by atoms with E-state index in [1.54, 1.807) is 6.20 Å². The summed E-state index contributed by atoms with van der Waals surface area (Å²) in [5.41, 5.74) is 14.7. The molecule has 4 heterocycles. The molecule has 7 aromatic rings. The maximum absolute atomic E-state index is 7.02. The second kappa shape index (κ2) is 14.3. The zero-order chi connectivity index (χ0) is 35.6. The van der Waals surface area contributed by atoms with Crippen molar-refractivity contribution < 1.29 is 4.42 Å². The van der Waals surface area contributed by atoms with Crippen LogP contribution in [0.3, 0.4) is 0 Å². The molecule has 52 heavy (non-hydrogen) atoms. The Kier molecular flexibility index (Phi) is 9.15. The third kappa shape index (κ3) is 6.50. The van der Waals surface area contributed by atoms with Gasteiger partial charge in [-0.15, -0.1) is 0 Å². The van der Waals surface area contributed by atoms with E-state index in [-0.39, 0.29) is 0 Å². The van der Waals surface area contributed by atoms with Crippen LogP contribution >= 0.6 is 11.6 Å². The maximum Gasteiger partial charge on any atom is 0.143 e. The summed E-state index contributed by atoms with van der Waals surface area (Å²) in [7, 11) is 2.10. The Bertz CT molecular complexity index is 2560. The van der Waals surface area contributed by atoms with Crippen molar-refractivity contribution in [2.45, 2.75) is 20.3 Å². The van der Waals surface area contributed by atoms with Gasteiger partial charge < -0.3 is 9.32 Å². The minimum Gasteiger partial charge on any atom is -0.455 e. The maximum atomic E-state index is 7.02. The molecule has 254 valence electrons. The topological polar surface area (TPSA) is 42.2 Å². The van der Waals surface area contributed by atoms with E-state index in [1.165, 1.54) is 11.1 Å². The summed E-state index contributed by atoms with van der Waals surface area (Å²) in [5.74, 6) is 0. The summed E-state index contributed by atoms with van der Waals surface area (Å²) < 4.78 is 7.02. The molecule has 0 saturated heterocycles. The van der Waals surface area contributed by atoms with E-state index in [1.807, 2.05) is 42.9 Å². The first-order valence-corrected chi connectivity index (χ1v) is 18.0. The lowest BCUT2D eigenvalue weighted by molar-refractivity contribution is 0.512. The first kappa shape index (κ1) is 33.2. The molecule has 1 aliphatic heterocycles. The Morgan fingerprint density at radius 1 is 0.750 bits per heavy atom. The molecule has 0 saturated carbocycles. The fourth-order valence-electron chi connectivity index (χ4n) is 7.10. The van der Waals surface area contributed by atoms with Crippen LogP contribution in [0.1, 0.15) is 31.4 Å². The fourth-order valence-corrected chi connectivity index (χ4v) is 7.32. The van der Waals surface area contributed by atoms with Crippen LogP contribution in [0.25, 0.3) is 77.6 Å². The van der Waals surface area contributed by atoms with Crippen LogP contribution < -0.4 is 0 Å². The van der Waals surface area contributed by atoms with Gasteiger partial charge in [0.1, 0.15) is 11.2 Å². The average molecular weight is 696 g/mol. The van der Waals surface area contributed by atoms with Crippen LogP contribution in [0.4, 0.5) is 0 Å². The molecule has 0 unspecified atom stereocenters. The van der Waals surface area contributed by atoms with Gasteiger partial charge in [0.2, 0.25) is 0 Å². The quantitative estimate of drug-likeness (QED) is 0.148. The molecule has 4 aromatic carbocycles. The molecule has 0 aliphatic carbocycles. The van der Waals surface area contributed by atoms with Crippen LogP contribution in [0.2, 0.25) is 5.02 Å². The fraction of sp³-hybridized carbons (Fsp3) is 0.106. The average Bonchev–Trinajstić information content (AvgIpc) is 3.57. The number of hydrogen-bond donors (Lipinski definition) is 0. The highest BCUT2D eigenvalue weighted by Gasteiger charge is 2.20. The molecule has 5 heteroatoms. The van der Waals surface area contributed by atoms with Crippen LogP contribution in [0.15, 0.2) is 157 Å². The van der Waals surface area contributed by atoms with Crippen molar-refractivity contribution in [1.29, 1.82) is 0 Å². The Hall–Kier alpha value is -5.97. The highest BCUT2D eigenvalue weighted by atomic mass is 35.5. The van der Waals surface area contributed by atoms with Crippen LogP contribution in [-0.2, 0) is 0 Å². The number of halogens is 1. The standard InChI is InChI=1S/C47H38ClN3O/c1-4-6-11-31(5-2)35-20-36(32-12-8-17-49-28-32)24-40(22-35)44-26-41(48)27-45-43-16-7-15-42(46(43)52-47(44)45)39-23-37(33-13-9-18-50-29-33)21-38(25-39)34-14-10-19-51(3)30-34/h5-29H,4,30H2,1-3H3/b11-6-,31-5+. The third-order valence-corrected chi connectivity index (χ3v) is 9.86. The molecular weight excluding hydrogens is 658 g/mol. The molecule has 8 rings (SSSR count). The predicted octanol–water partition coefficient (Wildman–Crippen LogP) is 12.9. The number of aromatic nitrogens is 2. The number of likely N-dealkylation sites (N-methyl/N-ethyl adjacent to an activating group) is 1. The Balaban J connectivity index is 1.35. The van der Waals surface area contributed by atoms with Crippen molar-refractivity contribution in [1.82, 2.24) is 14.9 Å². The molecule has 0 spiro atoms. The van der Waals surface area contributed by atoms with Gasteiger partial charge in [-0.05, 0) is 131 Å². The SMILES string of the molecule is C/C=C(\C=C/CC)c1cc(-c2cccnc2)cc(-c2cc(Cl)cc3c2oc2c(-c4cc(C5=CC=CN(C)C5)cc(-c5cccnc5)c4)cccc23)c1. The molecule has 0 atom stereocenters. The summed E-state index contributed by atoms with van der Waals surface area (Å²) in [4.78, 5) is 11.1. The monoisotopic (exact) mass is 695 g/mol.